The average Bonchev–Trinajstić information content (AvgIpc) is 3.04. The van der Waals surface area contributed by atoms with Crippen molar-refractivity contribution < 1.29 is 13.9 Å². The van der Waals surface area contributed by atoms with E-state index in [4.69, 9.17) is 9.72 Å². The summed E-state index contributed by atoms with van der Waals surface area (Å²) in [6.07, 6.45) is 1.27. The summed E-state index contributed by atoms with van der Waals surface area (Å²) in [4.78, 5) is 19.5. The number of carbonyl (C=O) groups excluding carboxylic acids is 1. The van der Waals surface area contributed by atoms with Crippen LogP contribution < -0.4 is 4.90 Å². The van der Waals surface area contributed by atoms with E-state index in [0.29, 0.717) is 12.2 Å². The number of halogens is 2. The Morgan fingerprint density at radius 1 is 1.03 bits per heavy atom. The highest BCUT2D eigenvalue weighted by Gasteiger charge is 2.26. The van der Waals surface area contributed by atoms with Crippen molar-refractivity contribution in [2.45, 2.75) is 60.2 Å². The van der Waals surface area contributed by atoms with Gasteiger partial charge in [-0.2, -0.15) is 0 Å². The molecule has 0 radical (unpaired) electrons. The highest BCUT2D eigenvalue weighted by molar-refractivity contribution is 5.91. The molecular weight excluding hydrogens is 477 g/mol. The number of fused-ring (bicyclic) bond motifs is 1. The Kier molecular flexibility index (Phi) is 8.09. The maximum absolute atomic E-state index is 13.6. The van der Waals surface area contributed by atoms with Gasteiger partial charge < -0.3 is 9.30 Å². The van der Waals surface area contributed by atoms with Crippen LogP contribution in [0.25, 0.3) is 10.9 Å². The minimum atomic E-state index is -0.674. The van der Waals surface area contributed by atoms with Crippen LogP contribution in [-0.2, 0) is 17.8 Å². The average molecular weight is 510 g/mol. The maximum atomic E-state index is 13.6. The highest BCUT2D eigenvalue weighted by atomic mass is 35.5. The monoisotopic (exact) mass is 509 g/mol. The number of hydrogen-bond donors (Lipinski definition) is 0. The van der Waals surface area contributed by atoms with E-state index in [0.717, 1.165) is 22.3 Å². The van der Waals surface area contributed by atoms with Crippen molar-refractivity contribution in [3.63, 3.8) is 0 Å². The van der Waals surface area contributed by atoms with Gasteiger partial charge in [0.05, 0.1) is 17.8 Å². The first kappa shape index (κ1) is 27.2. The van der Waals surface area contributed by atoms with Crippen LogP contribution in [0.15, 0.2) is 60.8 Å². The summed E-state index contributed by atoms with van der Waals surface area (Å²) in [5.74, 6) is -0.364. The minimum Gasteiger partial charge on any atom is -0.443 e. The van der Waals surface area contributed by atoms with Gasteiger partial charge in [0, 0.05) is 29.5 Å². The van der Waals surface area contributed by atoms with E-state index in [9.17, 15) is 9.18 Å². The van der Waals surface area contributed by atoms with Gasteiger partial charge in [0.25, 0.3) is 0 Å². The van der Waals surface area contributed by atoms with Crippen LogP contribution in [0.3, 0.4) is 0 Å². The Morgan fingerprint density at radius 2 is 1.69 bits per heavy atom. The van der Waals surface area contributed by atoms with Gasteiger partial charge >= 0.3 is 6.09 Å². The molecule has 0 aliphatic carbocycles. The fourth-order valence-corrected chi connectivity index (χ4v) is 4.29. The second-order valence-electron chi connectivity index (χ2n) is 9.92. The van der Waals surface area contributed by atoms with Crippen LogP contribution in [0.2, 0.25) is 0 Å². The summed E-state index contributed by atoms with van der Waals surface area (Å²) in [6.45, 7) is 12.7. The quantitative estimate of drug-likeness (QED) is 0.279. The fourth-order valence-electron chi connectivity index (χ4n) is 4.29. The van der Waals surface area contributed by atoms with Crippen LogP contribution in [0.4, 0.5) is 14.9 Å². The van der Waals surface area contributed by atoms with E-state index in [2.05, 4.69) is 37.5 Å². The first-order chi connectivity index (χ1) is 16.5. The molecule has 4 aromatic rings. The Balaban J connectivity index is 0.00000361. The molecule has 1 amide bonds. The molecule has 0 atom stereocenters. The third-order valence-corrected chi connectivity index (χ3v) is 6.27. The molecule has 0 aliphatic rings. The first-order valence-corrected chi connectivity index (χ1v) is 11.8. The Labute approximate surface area is 218 Å². The van der Waals surface area contributed by atoms with Crippen LogP contribution in [0.1, 0.15) is 48.8 Å². The first-order valence-electron chi connectivity index (χ1n) is 11.8. The summed E-state index contributed by atoms with van der Waals surface area (Å²) in [5, 5.41) is 1.10. The summed E-state index contributed by atoms with van der Waals surface area (Å²) in [5.41, 5.74) is 6.40. The van der Waals surface area contributed by atoms with Gasteiger partial charge in [0.2, 0.25) is 0 Å². The van der Waals surface area contributed by atoms with Gasteiger partial charge in [-0.25, -0.2) is 9.18 Å². The number of pyridine rings is 1. The third kappa shape index (κ3) is 5.71. The van der Waals surface area contributed by atoms with E-state index in [-0.39, 0.29) is 24.8 Å². The molecule has 0 bridgehead atoms. The number of ether oxygens (including phenoxy) is 1. The predicted octanol–water partition coefficient (Wildman–Crippen LogP) is 7.51. The summed E-state index contributed by atoms with van der Waals surface area (Å²) in [6, 6.07) is 16.2. The zero-order valence-electron chi connectivity index (χ0n) is 21.6. The van der Waals surface area contributed by atoms with Gasteiger partial charge in [0.15, 0.2) is 0 Å². The number of hydrogen-bond acceptors (Lipinski definition) is 3. The number of benzene rings is 2. The molecule has 0 saturated carbocycles. The van der Waals surface area contributed by atoms with E-state index in [1.807, 2.05) is 39.0 Å². The normalized spacial score (nSPS) is 11.3. The summed E-state index contributed by atoms with van der Waals surface area (Å²) in [7, 11) is 0. The molecule has 0 N–H and O–H groups in total. The number of rotatable bonds is 5. The molecule has 0 unspecified atom stereocenters. The lowest BCUT2D eigenvalue weighted by molar-refractivity contribution is 0.0577. The molecule has 5 nitrogen and oxygen atoms in total. The van der Waals surface area contributed by atoms with Crippen molar-refractivity contribution in [3.05, 3.63) is 94.7 Å². The SMILES string of the molecule is Cc1ccccc1Cn1c(C)c(C)c2ccnc(CN(C(=O)OC(C)(C)C)c3ccc(F)cc3)c21.Cl. The molecule has 0 spiro atoms. The van der Waals surface area contributed by atoms with Gasteiger partial charge in [-0.3, -0.25) is 9.88 Å². The Morgan fingerprint density at radius 3 is 2.33 bits per heavy atom. The van der Waals surface area contributed by atoms with E-state index in [1.165, 1.54) is 33.7 Å². The summed E-state index contributed by atoms with van der Waals surface area (Å²) < 4.78 is 21.6. The van der Waals surface area contributed by atoms with E-state index < -0.39 is 11.7 Å². The third-order valence-electron chi connectivity index (χ3n) is 6.27. The van der Waals surface area contributed by atoms with E-state index in [1.54, 1.807) is 18.3 Å². The van der Waals surface area contributed by atoms with Crippen LogP contribution >= 0.6 is 12.4 Å². The number of aryl methyl sites for hydroxylation is 2. The molecule has 7 heteroatoms. The molecule has 0 fully saturated rings. The van der Waals surface area contributed by atoms with Crippen molar-refractivity contribution in [1.82, 2.24) is 9.55 Å². The molecule has 36 heavy (non-hydrogen) atoms. The Bertz CT molecular complexity index is 1370. The lowest BCUT2D eigenvalue weighted by atomic mass is 10.1. The van der Waals surface area contributed by atoms with Gasteiger partial charge in [-0.15, -0.1) is 12.4 Å². The van der Waals surface area contributed by atoms with Crippen molar-refractivity contribution in [2.75, 3.05) is 4.90 Å². The topological polar surface area (TPSA) is 47.4 Å². The minimum absolute atomic E-state index is 0. The zero-order valence-corrected chi connectivity index (χ0v) is 22.4. The number of aromatic nitrogens is 2. The fraction of sp³-hybridized carbons (Fsp3) is 0.310. The van der Waals surface area contributed by atoms with Gasteiger partial charge in [-0.1, -0.05) is 24.3 Å². The second kappa shape index (κ2) is 10.7. The molecule has 190 valence electrons. The lowest BCUT2D eigenvalue weighted by Crippen LogP contribution is -2.36. The predicted molar refractivity (Wildman–Crippen MR) is 146 cm³/mol. The molecule has 0 saturated heterocycles. The highest BCUT2D eigenvalue weighted by Crippen LogP contribution is 2.30. The summed E-state index contributed by atoms with van der Waals surface area (Å²) >= 11 is 0. The van der Waals surface area contributed by atoms with Gasteiger partial charge in [-0.05, 0) is 88.6 Å². The number of anilines is 1. The largest absolute Gasteiger partial charge is 0.443 e. The van der Waals surface area contributed by atoms with E-state index >= 15 is 0 Å². The zero-order chi connectivity index (χ0) is 25.3. The second-order valence-corrected chi connectivity index (χ2v) is 9.92. The lowest BCUT2D eigenvalue weighted by Gasteiger charge is -2.27. The van der Waals surface area contributed by atoms with Crippen LogP contribution in [-0.4, -0.2) is 21.2 Å². The van der Waals surface area contributed by atoms with Crippen molar-refractivity contribution >= 4 is 35.1 Å². The van der Waals surface area contributed by atoms with Crippen molar-refractivity contribution in [1.29, 1.82) is 0 Å². The van der Waals surface area contributed by atoms with Crippen molar-refractivity contribution in [2.24, 2.45) is 0 Å². The molecule has 2 heterocycles. The van der Waals surface area contributed by atoms with Crippen LogP contribution in [0, 0.1) is 26.6 Å². The molecule has 4 rings (SSSR count). The number of carbonyl (C=O) groups is 1. The number of amides is 1. The standard InChI is InChI=1S/C29H32FN3O2.ClH/c1-19-9-7-8-10-22(19)17-32-21(3)20(2)25-15-16-31-26(27(25)32)18-33(28(34)35-29(4,5)6)24-13-11-23(30)12-14-24;/h7-16H,17-18H2,1-6H3;1H. The number of nitrogens with zero attached hydrogens (tertiary/aromatic N) is 3. The molecular formula is C29H33ClFN3O2. The van der Waals surface area contributed by atoms with Crippen LogP contribution in [0.5, 0.6) is 0 Å². The smallest absolute Gasteiger partial charge is 0.415 e. The maximum Gasteiger partial charge on any atom is 0.415 e. The molecule has 0 aliphatic heterocycles. The Hall–Kier alpha value is -3.38. The molecule has 2 aromatic heterocycles. The van der Waals surface area contributed by atoms with Crippen molar-refractivity contribution in [3.8, 4) is 0 Å². The molecule has 2 aromatic carbocycles. The van der Waals surface area contributed by atoms with Gasteiger partial charge in [0.1, 0.15) is 11.4 Å².